The van der Waals surface area contributed by atoms with Gasteiger partial charge >= 0.3 is 0 Å². The van der Waals surface area contributed by atoms with E-state index >= 15 is 0 Å². The molecule has 3 nitrogen and oxygen atoms in total. The first kappa shape index (κ1) is 12.9. The molecule has 2 rings (SSSR count). The van der Waals surface area contributed by atoms with E-state index < -0.39 is 5.82 Å². The Balaban J connectivity index is 2.46. The molecule has 0 atom stereocenters. The molecule has 1 N–H and O–H groups in total. The second kappa shape index (κ2) is 5.42. The SMILES string of the molecule is CNCc1cc(C)nc(-c2ccc(F)c(Cl)c2)n1. The second-order valence-corrected chi connectivity index (χ2v) is 4.39. The van der Waals surface area contributed by atoms with E-state index in [0.29, 0.717) is 17.9 Å². The lowest BCUT2D eigenvalue weighted by Crippen LogP contribution is -2.08. The lowest BCUT2D eigenvalue weighted by atomic mass is 10.2. The zero-order chi connectivity index (χ0) is 13.1. The van der Waals surface area contributed by atoms with Gasteiger partial charge in [0.25, 0.3) is 0 Å². The van der Waals surface area contributed by atoms with Crippen molar-refractivity contribution in [3.8, 4) is 11.4 Å². The second-order valence-electron chi connectivity index (χ2n) is 3.98. The highest BCUT2D eigenvalue weighted by Crippen LogP contribution is 2.22. The van der Waals surface area contributed by atoms with Crippen LogP contribution in [0, 0.1) is 12.7 Å². The quantitative estimate of drug-likeness (QED) is 0.927. The fourth-order valence-corrected chi connectivity index (χ4v) is 1.85. The van der Waals surface area contributed by atoms with Gasteiger partial charge < -0.3 is 5.32 Å². The van der Waals surface area contributed by atoms with Crippen LogP contribution >= 0.6 is 11.6 Å². The van der Waals surface area contributed by atoms with Gasteiger partial charge in [-0.05, 0) is 38.2 Å². The lowest BCUT2D eigenvalue weighted by Gasteiger charge is -2.06. The van der Waals surface area contributed by atoms with Gasteiger partial charge in [-0.2, -0.15) is 0 Å². The molecule has 1 heterocycles. The smallest absolute Gasteiger partial charge is 0.159 e. The molecular weight excluding hydrogens is 253 g/mol. The maximum atomic E-state index is 13.1. The Morgan fingerprint density at radius 3 is 2.72 bits per heavy atom. The van der Waals surface area contributed by atoms with Gasteiger partial charge in [0.2, 0.25) is 0 Å². The van der Waals surface area contributed by atoms with Crippen LogP contribution in [0.1, 0.15) is 11.4 Å². The molecule has 0 unspecified atom stereocenters. The molecule has 0 saturated heterocycles. The predicted molar refractivity (Wildman–Crippen MR) is 69.9 cm³/mol. The Labute approximate surface area is 110 Å². The summed E-state index contributed by atoms with van der Waals surface area (Å²) in [6, 6.07) is 6.39. The monoisotopic (exact) mass is 265 g/mol. The van der Waals surface area contributed by atoms with Gasteiger partial charge in [0.05, 0.1) is 10.7 Å². The van der Waals surface area contributed by atoms with Crippen molar-refractivity contribution >= 4 is 11.6 Å². The standard InChI is InChI=1S/C13H13ClFN3/c1-8-5-10(7-16-2)18-13(17-8)9-3-4-12(15)11(14)6-9/h3-6,16H,7H2,1-2H3. The number of nitrogens with zero attached hydrogens (tertiary/aromatic N) is 2. The third-order valence-corrected chi connectivity index (χ3v) is 2.73. The average Bonchev–Trinajstić information content (AvgIpc) is 2.32. The highest BCUT2D eigenvalue weighted by atomic mass is 35.5. The van der Waals surface area contributed by atoms with Gasteiger partial charge in [-0.15, -0.1) is 0 Å². The number of aromatic nitrogens is 2. The van der Waals surface area contributed by atoms with Crippen LogP contribution in [0.4, 0.5) is 4.39 Å². The van der Waals surface area contributed by atoms with Crippen LogP contribution in [-0.2, 0) is 6.54 Å². The average molecular weight is 266 g/mol. The van der Waals surface area contributed by atoms with Crippen molar-refractivity contribution in [1.82, 2.24) is 15.3 Å². The molecule has 94 valence electrons. The first-order valence-electron chi connectivity index (χ1n) is 5.54. The summed E-state index contributed by atoms with van der Waals surface area (Å²) < 4.78 is 13.1. The van der Waals surface area contributed by atoms with Crippen LogP contribution in [0.15, 0.2) is 24.3 Å². The van der Waals surface area contributed by atoms with E-state index in [4.69, 9.17) is 11.6 Å². The molecular formula is C13H13ClFN3. The van der Waals surface area contributed by atoms with E-state index in [9.17, 15) is 4.39 Å². The third-order valence-electron chi connectivity index (χ3n) is 2.44. The number of aryl methyl sites for hydroxylation is 1. The molecule has 1 aromatic heterocycles. The zero-order valence-electron chi connectivity index (χ0n) is 10.2. The maximum Gasteiger partial charge on any atom is 0.159 e. The van der Waals surface area contributed by atoms with Crippen LogP contribution in [0.5, 0.6) is 0 Å². The van der Waals surface area contributed by atoms with Crippen molar-refractivity contribution in [1.29, 1.82) is 0 Å². The molecule has 0 radical (unpaired) electrons. The normalized spacial score (nSPS) is 10.7. The van der Waals surface area contributed by atoms with Crippen molar-refractivity contribution in [3.63, 3.8) is 0 Å². The largest absolute Gasteiger partial charge is 0.314 e. The van der Waals surface area contributed by atoms with Crippen LogP contribution in [-0.4, -0.2) is 17.0 Å². The summed E-state index contributed by atoms with van der Waals surface area (Å²) in [4.78, 5) is 8.75. The van der Waals surface area contributed by atoms with Crippen LogP contribution in [0.3, 0.4) is 0 Å². The summed E-state index contributed by atoms with van der Waals surface area (Å²) in [6.07, 6.45) is 0. The lowest BCUT2D eigenvalue weighted by molar-refractivity contribution is 0.628. The van der Waals surface area contributed by atoms with Gasteiger partial charge in [0.15, 0.2) is 5.82 Å². The van der Waals surface area contributed by atoms with Gasteiger partial charge in [-0.1, -0.05) is 11.6 Å². The summed E-state index contributed by atoms with van der Waals surface area (Å²) in [6.45, 7) is 2.56. The number of halogens is 2. The number of hydrogen-bond acceptors (Lipinski definition) is 3. The summed E-state index contributed by atoms with van der Waals surface area (Å²) in [5.74, 6) is 0.116. The Bertz CT molecular complexity index is 572. The van der Waals surface area contributed by atoms with Crippen molar-refractivity contribution in [2.75, 3.05) is 7.05 Å². The van der Waals surface area contributed by atoms with Crippen LogP contribution in [0.25, 0.3) is 11.4 Å². The van der Waals surface area contributed by atoms with Gasteiger partial charge in [0.1, 0.15) is 5.82 Å². The van der Waals surface area contributed by atoms with E-state index in [1.165, 1.54) is 12.1 Å². The van der Waals surface area contributed by atoms with Gasteiger partial charge in [0, 0.05) is 17.8 Å². The Hall–Kier alpha value is -1.52. The van der Waals surface area contributed by atoms with Crippen LogP contribution < -0.4 is 5.32 Å². The molecule has 2 aromatic rings. The summed E-state index contributed by atoms with van der Waals surface area (Å²) in [5, 5.41) is 3.11. The fraction of sp³-hybridized carbons (Fsp3) is 0.231. The van der Waals surface area contributed by atoms with Crippen LogP contribution in [0.2, 0.25) is 5.02 Å². The number of benzene rings is 1. The number of hydrogen-bond donors (Lipinski definition) is 1. The summed E-state index contributed by atoms with van der Waals surface area (Å²) in [5.41, 5.74) is 2.47. The molecule has 0 saturated carbocycles. The minimum atomic E-state index is -0.441. The molecule has 18 heavy (non-hydrogen) atoms. The Morgan fingerprint density at radius 2 is 2.06 bits per heavy atom. The molecule has 5 heteroatoms. The van der Waals surface area contributed by atoms with Crippen molar-refractivity contribution in [2.45, 2.75) is 13.5 Å². The number of nitrogens with one attached hydrogen (secondary N) is 1. The van der Waals surface area contributed by atoms with Crippen molar-refractivity contribution in [2.24, 2.45) is 0 Å². The molecule has 0 spiro atoms. The Morgan fingerprint density at radius 1 is 1.28 bits per heavy atom. The first-order valence-corrected chi connectivity index (χ1v) is 5.92. The third kappa shape index (κ3) is 2.83. The molecule has 0 aliphatic rings. The first-order chi connectivity index (χ1) is 8.60. The highest BCUT2D eigenvalue weighted by molar-refractivity contribution is 6.31. The Kier molecular flexibility index (Phi) is 3.89. The predicted octanol–water partition coefficient (Wildman–Crippen LogP) is 2.96. The molecule has 0 bridgehead atoms. The topological polar surface area (TPSA) is 37.8 Å². The zero-order valence-corrected chi connectivity index (χ0v) is 10.9. The minimum absolute atomic E-state index is 0.0766. The number of rotatable bonds is 3. The molecule has 0 aliphatic heterocycles. The van der Waals surface area contributed by atoms with Gasteiger partial charge in [-0.25, -0.2) is 14.4 Å². The molecule has 1 aromatic carbocycles. The fourth-order valence-electron chi connectivity index (χ4n) is 1.67. The van der Waals surface area contributed by atoms with E-state index in [1.54, 1.807) is 6.07 Å². The summed E-state index contributed by atoms with van der Waals surface area (Å²) in [7, 11) is 1.85. The van der Waals surface area contributed by atoms with E-state index in [2.05, 4.69) is 15.3 Å². The highest BCUT2D eigenvalue weighted by Gasteiger charge is 2.07. The van der Waals surface area contributed by atoms with Crippen molar-refractivity contribution < 1.29 is 4.39 Å². The van der Waals surface area contributed by atoms with E-state index in [-0.39, 0.29) is 5.02 Å². The van der Waals surface area contributed by atoms with Gasteiger partial charge in [-0.3, -0.25) is 0 Å². The summed E-state index contributed by atoms with van der Waals surface area (Å²) >= 11 is 5.76. The molecule has 0 fully saturated rings. The molecule has 0 aliphatic carbocycles. The maximum absolute atomic E-state index is 13.1. The molecule has 0 amide bonds. The van der Waals surface area contributed by atoms with E-state index in [0.717, 1.165) is 11.4 Å². The minimum Gasteiger partial charge on any atom is -0.314 e. The van der Waals surface area contributed by atoms with E-state index in [1.807, 2.05) is 20.0 Å². The van der Waals surface area contributed by atoms with Crippen molar-refractivity contribution in [3.05, 3.63) is 46.5 Å².